The number of hydrogen-bond donors (Lipinski definition) is 2. The topological polar surface area (TPSA) is 70.7 Å². The maximum atomic E-state index is 11.4. The summed E-state index contributed by atoms with van der Waals surface area (Å²) in [5, 5.41) is 4.75. The lowest BCUT2D eigenvalue weighted by atomic mass is 10.1. The fourth-order valence-electron chi connectivity index (χ4n) is 1.53. The molecule has 6 heteroatoms. The number of amides is 3. The first-order chi connectivity index (χ1) is 9.47. The van der Waals surface area contributed by atoms with E-state index in [0.717, 1.165) is 12.8 Å². The first-order valence-electron chi connectivity index (χ1n) is 7.38. The van der Waals surface area contributed by atoms with E-state index in [1.54, 1.807) is 0 Å². The molecule has 0 spiro atoms. The van der Waals surface area contributed by atoms with Gasteiger partial charge < -0.3 is 10.1 Å². The molecule has 20 heavy (non-hydrogen) atoms. The minimum atomic E-state index is -0.693. The Morgan fingerprint density at radius 3 is 2.30 bits per heavy atom. The van der Waals surface area contributed by atoms with Crippen molar-refractivity contribution in [2.24, 2.45) is 0 Å². The zero-order valence-corrected chi connectivity index (χ0v) is 13.2. The van der Waals surface area contributed by atoms with E-state index in [4.69, 9.17) is 4.74 Å². The predicted molar refractivity (Wildman–Crippen MR) is 79.5 cm³/mol. The predicted octanol–water partition coefficient (Wildman–Crippen LogP) is 2.69. The number of carbonyl (C=O) groups is 2. The van der Waals surface area contributed by atoms with E-state index in [1.165, 1.54) is 25.7 Å². The molecule has 0 aromatic carbocycles. The van der Waals surface area contributed by atoms with Gasteiger partial charge in [-0.25, -0.2) is 14.9 Å². The first kappa shape index (κ1) is 18.7. The molecular weight excluding hydrogens is 258 g/mol. The van der Waals surface area contributed by atoms with Crippen LogP contribution in [0.2, 0.25) is 0 Å². The highest BCUT2D eigenvalue weighted by Crippen LogP contribution is 2.04. The smallest absolute Gasteiger partial charge is 0.415 e. The van der Waals surface area contributed by atoms with E-state index in [9.17, 15) is 9.59 Å². The number of nitrogens with one attached hydrogen (secondary N) is 2. The Labute approximate surface area is 122 Å². The summed E-state index contributed by atoms with van der Waals surface area (Å²) >= 11 is 0. The van der Waals surface area contributed by atoms with Crippen molar-refractivity contribution < 1.29 is 14.3 Å². The quantitative estimate of drug-likeness (QED) is 0.505. The molecule has 0 heterocycles. The van der Waals surface area contributed by atoms with E-state index in [1.807, 2.05) is 25.9 Å². The van der Waals surface area contributed by atoms with Crippen LogP contribution in [-0.2, 0) is 4.74 Å². The van der Waals surface area contributed by atoms with E-state index in [0.29, 0.717) is 6.61 Å². The number of rotatable bonds is 9. The van der Waals surface area contributed by atoms with Gasteiger partial charge in [0.15, 0.2) is 0 Å². The molecule has 0 aromatic rings. The van der Waals surface area contributed by atoms with Gasteiger partial charge in [0.2, 0.25) is 0 Å². The summed E-state index contributed by atoms with van der Waals surface area (Å²) in [6.45, 7) is 4.35. The van der Waals surface area contributed by atoms with Gasteiger partial charge in [0.25, 0.3) is 0 Å². The molecule has 1 atom stereocenters. The number of imide groups is 1. The highest BCUT2D eigenvalue weighted by molar-refractivity contribution is 5.90. The average Bonchev–Trinajstić information content (AvgIpc) is 2.37. The minimum absolute atomic E-state index is 0.152. The number of alkyl carbamates (subject to hydrolysis) is 1. The van der Waals surface area contributed by atoms with Gasteiger partial charge in [-0.2, -0.15) is 0 Å². The summed E-state index contributed by atoms with van der Waals surface area (Å²) in [6.07, 6.45) is 5.92. The van der Waals surface area contributed by atoms with Gasteiger partial charge in [-0.1, -0.05) is 39.0 Å². The van der Waals surface area contributed by atoms with E-state index >= 15 is 0 Å². The molecule has 2 N–H and O–H groups in total. The normalized spacial score (nSPS) is 12.1. The van der Waals surface area contributed by atoms with Crippen LogP contribution >= 0.6 is 0 Å². The lowest BCUT2D eigenvalue weighted by Crippen LogP contribution is -2.48. The van der Waals surface area contributed by atoms with Gasteiger partial charge >= 0.3 is 12.1 Å². The molecule has 6 nitrogen and oxygen atoms in total. The second kappa shape index (κ2) is 11.5. The third-order valence-electron chi connectivity index (χ3n) is 3.06. The Morgan fingerprint density at radius 1 is 1.10 bits per heavy atom. The third-order valence-corrected chi connectivity index (χ3v) is 3.06. The summed E-state index contributed by atoms with van der Waals surface area (Å²) in [5.41, 5.74) is 0. The minimum Gasteiger partial charge on any atom is -0.449 e. The number of nitrogens with zero attached hydrogens (tertiary/aromatic N) is 1. The van der Waals surface area contributed by atoms with Crippen molar-refractivity contribution in [3.05, 3.63) is 0 Å². The van der Waals surface area contributed by atoms with Crippen molar-refractivity contribution in [2.45, 2.75) is 58.5 Å². The molecule has 0 aliphatic heterocycles. The number of ether oxygens (including phenoxy) is 1. The van der Waals surface area contributed by atoms with Gasteiger partial charge in [-0.05, 0) is 27.4 Å². The van der Waals surface area contributed by atoms with Crippen LogP contribution in [0.3, 0.4) is 0 Å². The van der Waals surface area contributed by atoms with Crippen LogP contribution in [0.15, 0.2) is 0 Å². The van der Waals surface area contributed by atoms with Crippen molar-refractivity contribution in [3.63, 3.8) is 0 Å². The molecule has 118 valence electrons. The molecule has 0 saturated heterocycles. The van der Waals surface area contributed by atoms with Crippen molar-refractivity contribution in [1.29, 1.82) is 0 Å². The number of hydrogen-bond acceptors (Lipinski definition) is 4. The second-order valence-corrected chi connectivity index (χ2v) is 5.14. The first-order valence-corrected chi connectivity index (χ1v) is 7.38. The van der Waals surface area contributed by atoms with E-state index < -0.39 is 12.1 Å². The highest BCUT2D eigenvalue weighted by Gasteiger charge is 2.12. The van der Waals surface area contributed by atoms with Gasteiger partial charge in [-0.3, -0.25) is 4.90 Å². The third kappa shape index (κ3) is 10.6. The Balaban J connectivity index is 3.56. The molecule has 0 rings (SSSR count). The van der Waals surface area contributed by atoms with Crippen LogP contribution in [0.1, 0.15) is 52.4 Å². The molecule has 0 bridgehead atoms. The molecular formula is C14H29N3O3. The standard InChI is InChI=1S/C14H29N3O3/c1-5-6-7-8-9-10-11-20-14(19)16-13(18)15-12(2)17(3)4/h12H,5-11H2,1-4H3,(H2,15,16,18,19). The van der Waals surface area contributed by atoms with Crippen LogP contribution in [-0.4, -0.2) is 43.9 Å². The lowest BCUT2D eigenvalue weighted by Gasteiger charge is -2.20. The van der Waals surface area contributed by atoms with Gasteiger partial charge in [0.05, 0.1) is 12.8 Å². The molecule has 0 aliphatic carbocycles. The summed E-state index contributed by atoms with van der Waals surface area (Å²) in [5.74, 6) is 0. The fourth-order valence-corrected chi connectivity index (χ4v) is 1.53. The Kier molecular flexibility index (Phi) is 10.8. The van der Waals surface area contributed by atoms with E-state index in [-0.39, 0.29) is 6.17 Å². The lowest BCUT2D eigenvalue weighted by molar-refractivity contribution is 0.143. The molecule has 3 amide bonds. The number of carbonyl (C=O) groups excluding carboxylic acids is 2. The maximum absolute atomic E-state index is 11.4. The Morgan fingerprint density at radius 2 is 1.70 bits per heavy atom. The van der Waals surface area contributed by atoms with Crippen molar-refractivity contribution >= 4 is 12.1 Å². The molecule has 0 aliphatic rings. The van der Waals surface area contributed by atoms with Crippen molar-refractivity contribution in [1.82, 2.24) is 15.5 Å². The van der Waals surface area contributed by atoms with Crippen LogP contribution in [0.25, 0.3) is 0 Å². The largest absolute Gasteiger partial charge is 0.449 e. The molecule has 1 unspecified atom stereocenters. The summed E-state index contributed by atoms with van der Waals surface area (Å²) < 4.78 is 4.94. The maximum Gasteiger partial charge on any atom is 0.415 e. The number of urea groups is 1. The zero-order valence-electron chi connectivity index (χ0n) is 13.2. The number of unbranched alkanes of at least 4 members (excludes halogenated alkanes) is 5. The Hall–Kier alpha value is -1.30. The molecule has 0 saturated carbocycles. The van der Waals surface area contributed by atoms with Crippen LogP contribution in [0.5, 0.6) is 0 Å². The Bertz CT molecular complexity index is 283. The van der Waals surface area contributed by atoms with E-state index in [2.05, 4.69) is 17.6 Å². The molecule has 0 radical (unpaired) electrons. The van der Waals surface area contributed by atoms with Crippen molar-refractivity contribution in [2.75, 3.05) is 20.7 Å². The average molecular weight is 287 g/mol. The summed E-state index contributed by atoms with van der Waals surface area (Å²) in [4.78, 5) is 24.6. The second-order valence-electron chi connectivity index (χ2n) is 5.14. The summed E-state index contributed by atoms with van der Waals surface area (Å²) in [7, 11) is 3.67. The summed E-state index contributed by atoms with van der Waals surface area (Å²) in [6, 6.07) is -0.542. The van der Waals surface area contributed by atoms with Gasteiger partial charge in [0.1, 0.15) is 0 Å². The fraction of sp³-hybridized carbons (Fsp3) is 0.857. The molecule has 0 aromatic heterocycles. The van der Waals surface area contributed by atoms with Crippen LogP contribution in [0, 0.1) is 0 Å². The SMILES string of the molecule is CCCCCCCCOC(=O)NC(=O)NC(C)N(C)C. The molecule has 0 fully saturated rings. The van der Waals surface area contributed by atoms with Crippen molar-refractivity contribution in [3.8, 4) is 0 Å². The highest BCUT2D eigenvalue weighted by atomic mass is 16.5. The van der Waals surface area contributed by atoms with Gasteiger partial charge in [0, 0.05) is 0 Å². The monoisotopic (exact) mass is 287 g/mol. The zero-order chi connectivity index (χ0) is 15.4. The van der Waals surface area contributed by atoms with Crippen LogP contribution < -0.4 is 10.6 Å². The van der Waals surface area contributed by atoms with Gasteiger partial charge in [-0.15, -0.1) is 0 Å². The van der Waals surface area contributed by atoms with Crippen LogP contribution in [0.4, 0.5) is 9.59 Å².